The van der Waals surface area contributed by atoms with Gasteiger partial charge < -0.3 is 42.1 Å². The number of carbonyl (C=O) groups excluding carboxylic acids is 5. The molecule has 0 radical (unpaired) electrons. The maximum atomic E-state index is 13.6. The Labute approximate surface area is 249 Å². The highest BCUT2D eigenvalue weighted by Crippen LogP contribution is 2.21. The number of carbonyl (C=O) groups is 7. The second-order valence-electron chi connectivity index (χ2n) is 11.1. The average Bonchev–Trinajstić information content (AvgIpc) is 3.56. The molecule has 236 valence electrons. The predicted molar refractivity (Wildman–Crippen MR) is 152 cm³/mol. The fourth-order valence-electron chi connectivity index (χ4n) is 5.00. The number of hydrogen-bond acceptors (Lipinski definition) is 9. The lowest BCUT2D eigenvalue weighted by Crippen LogP contribution is -2.58. The molecule has 0 aromatic carbocycles. The van der Waals surface area contributed by atoms with E-state index in [1.54, 1.807) is 0 Å². The minimum atomic E-state index is -1.40. The van der Waals surface area contributed by atoms with Crippen molar-refractivity contribution in [2.45, 2.75) is 101 Å². The molecule has 8 N–H and O–H groups in total. The van der Waals surface area contributed by atoms with Crippen molar-refractivity contribution in [3.8, 4) is 0 Å². The van der Waals surface area contributed by atoms with Gasteiger partial charge in [0.2, 0.25) is 29.5 Å². The third kappa shape index (κ3) is 10.8. The van der Waals surface area contributed by atoms with E-state index < -0.39 is 71.7 Å². The molecule has 5 amide bonds. The molecule has 16 heteroatoms. The first-order valence-electron chi connectivity index (χ1n) is 14.1. The first-order chi connectivity index (χ1) is 19.7. The van der Waals surface area contributed by atoms with Gasteiger partial charge in [0.25, 0.3) is 0 Å². The lowest BCUT2D eigenvalue weighted by Gasteiger charge is -2.30. The normalized spacial score (nSPS) is 22.2. The Kier molecular flexibility index (Phi) is 13.5. The van der Waals surface area contributed by atoms with E-state index in [1.807, 2.05) is 13.8 Å². The van der Waals surface area contributed by atoms with Gasteiger partial charge in [-0.3, -0.25) is 28.8 Å². The number of carboxylic acid groups (broad SMARTS) is 2. The van der Waals surface area contributed by atoms with Crippen LogP contribution < -0.4 is 27.0 Å². The zero-order chi connectivity index (χ0) is 31.6. The average molecular weight is 615 g/mol. The summed E-state index contributed by atoms with van der Waals surface area (Å²) in [7, 11) is 0. The Morgan fingerprint density at radius 2 is 1.60 bits per heavy atom. The van der Waals surface area contributed by atoms with Gasteiger partial charge in [-0.15, -0.1) is 0 Å². The van der Waals surface area contributed by atoms with Gasteiger partial charge in [-0.25, -0.2) is 4.79 Å². The van der Waals surface area contributed by atoms with Crippen LogP contribution in [-0.4, -0.2) is 105 Å². The van der Waals surface area contributed by atoms with E-state index in [9.17, 15) is 43.8 Å². The first-order valence-corrected chi connectivity index (χ1v) is 14.6. The molecule has 2 rings (SSSR count). The molecule has 0 saturated carbocycles. The molecule has 2 saturated heterocycles. The van der Waals surface area contributed by atoms with Crippen LogP contribution in [-0.2, 0) is 33.6 Å². The van der Waals surface area contributed by atoms with Crippen molar-refractivity contribution < 1.29 is 43.8 Å². The van der Waals surface area contributed by atoms with Gasteiger partial charge in [0.05, 0.1) is 6.04 Å². The van der Waals surface area contributed by atoms with Crippen LogP contribution in [0.5, 0.6) is 0 Å². The van der Waals surface area contributed by atoms with Gasteiger partial charge in [-0.05, 0) is 44.4 Å². The van der Waals surface area contributed by atoms with Crippen molar-refractivity contribution >= 4 is 54.1 Å². The number of amides is 5. The van der Waals surface area contributed by atoms with Crippen LogP contribution in [0.3, 0.4) is 0 Å². The molecule has 0 spiro atoms. The number of rotatable bonds is 16. The summed E-state index contributed by atoms with van der Waals surface area (Å²) in [4.78, 5) is 88.0. The van der Waals surface area contributed by atoms with Gasteiger partial charge in [-0.1, -0.05) is 13.8 Å². The van der Waals surface area contributed by atoms with Crippen molar-refractivity contribution in [2.24, 2.45) is 11.7 Å². The summed E-state index contributed by atoms with van der Waals surface area (Å²) in [5, 5.41) is 29.2. The second-order valence-corrected chi connectivity index (χ2v) is 11.9. The van der Waals surface area contributed by atoms with Crippen LogP contribution in [0.2, 0.25) is 0 Å². The third-order valence-electron chi connectivity index (χ3n) is 7.16. The fourth-order valence-corrected chi connectivity index (χ4v) is 5.32. The first kappa shape index (κ1) is 34.8. The summed E-state index contributed by atoms with van der Waals surface area (Å²) in [6.45, 7) is 4.31. The summed E-state index contributed by atoms with van der Waals surface area (Å²) in [6.07, 6.45) is 0.292. The van der Waals surface area contributed by atoms with E-state index in [0.29, 0.717) is 19.4 Å². The largest absolute Gasteiger partial charge is 0.481 e. The van der Waals surface area contributed by atoms with E-state index in [4.69, 9.17) is 5.73 Å². The molecule has 0 bridgehead atoms. The molecule has 2 aliphatic rings. The summed E-state index contributed by atoms with van der Waals surface area (Å²) >= 11 is 4.34. The number of nitrogens with zero attached hydrogens (tertiary/aromatic N) is 1. The van der Waals surface area contributed by atoms with Crippen LogP contribution in [0.15, 0.2) is 0 Å². The number of carboxylic acids is 2. The van der Waals surface area contributed by atoms with Crippen molar-refractivity contribution in [3.63, 3.8) is 0 Å². The summed E-state index contributed by atoms with van der Waals surface area (Å²) < 4.78 is 0. The second kappa shape index (κ2) is 16.3. The number of thiol groups is 1. The fraction of sp³-hybridized carbons (Fsp3) is 0.731. The monoisotopic (exact) mass is 614 g/mol. The topological polar surface area (TPSA) is 237 Å². The predicted octanol–water partition coefficient (Wildman–Crippen LogP) is -1.65. The molecule has 0 aliphatic carbocycles. The molecule has 0 unspecified atom stereocenters. The molecule has 0 aromatic rings. The van der Waals surface area contributed by atoms with Crippen LogP contribution in [0.4, 0.5) is 0 Å². The van der Waals surface area contributed by atoms with Gasteiger partial charge in [-0.2, -0.15) is 12.6 Å². The van der Waals surface area contributed by atoms with Crippen molar-refractivity contribution in [1.82, 2.24) is 26.2 Å². The Morgan fingerprint density at radius 1 is 0.952 bits per heavy atom. The van der Waals surface area contributed by atoms with Crippen LogP contribution in [0.25, 0.3) is 0 Å². The van der Waals surface area contributed by atoms with Crippen molar-refractivity contribution in [1.29, 1.82) is 0 Å². The number of aliphatic carboxylic acids is 2. The molecule has 2 fully saturated rings. The molecule has 2 heterocycles. The molecule has 2 aliphatic heterocycles. The highest BCUT2D eigenvalue weighted by atomic mass is 32.1. The SMILES string of the molecule is CC(C)C[C@H](NC(=O)[C@@H]1CCCN1C(=O)[C@H](CCC(=O)O)NC(=O)[C@@H]1C[C@H](S)CN1)C(=O)N[C@@H](CCC(N)=O)C(=O)O. The van der Waals surface area contributed by atoms with E-state index in [-0.39, 0.29) is 56.2 Å². The van der Waals surface area contributed by atoms with Gasteiger partial charge in [0.15, 0.2) is 0 Å². The number of nitrogens with two attached hydrogens (primary N) is 1. The molecule has 0 aromatic heterocycles. The lowest BCUT2D eigenvalue weighted by atomic mass is 10.0. The van der Waals surface area contributed by atoms with E-state index in [1.165, 1.54) is 4.90 Å². The maximum Gasteiger partial charge on any atom is 0.326 e. The molecular formula is C26H42N6O9S. The van der Waals surface area contributed by atoms with E-state index in [0.717, 1.165) is 0 Å². The maximum absolute atomic E-state index is 13.6. The Bertz CT molecular complexity index is 1040. The smallest absolute Gasteiger partial charge is 0.326 e. The molecule has 15 nitrogen and oxygen atoms in total. The Morgan fingerprint density at radius 3 is 2.14 bits per heavy atom. The number of hydrogen-bond donors (Lipinski definition) is 8. The summed E-state index contributed by atoms with van der Waals surface area (Å²) in [5.41, 5.74) is 5.10. The quantitative estimate of drug-likeness (QED) is 0.0922. The van der Waals surface area contributed by atoms with E-state index >= 15 is 0 Å². The molecule has 6 atom stereocenters. The van der Waals surface area contributed by atoms with Gasteiger partial charge in [0.1, 0.15) is 24.2 Å². The molecule has 42 heavy (non-hydrogen) atoms. The number of primary amides is 1. The van der Waals surface area contributed by atoms with Gasteiger partial charge in [0, 0.05) is 31.2 Å². The van der Waals surface area contributed by atoms with Crippen LogP contribution in [0, 0.1) is 5.92 Å². The number of nitrogens with one attached hydrogen (secondary N) is 4. The standard InChI is InChI=1S/C26H42N6O9S/c1-13(2)10-18(23(37)30-16(26(40)41)5-7-20(27)33)31-24(38)19-4-3-9-32(19)25(39)15(6-8-21(34)35)29-22(36)17-11-14(42)12-28-17/h13-19,28,42H,3-12H2,1-2H3,(H2,27,33)(H,29,36)(H,30,37)(H,31,38)(H,34,35)(H,40,41)/t14-,15-,16-,17-,18-,19-/m0/s1. The van der Waals surface area contributed by atoms with Crippen LogP contribution >= 0.6 is 12.6 Å². The Hall–Kier alpha value is -3.40. The highest BCUT2D eigenvalue weighted by molar-refractivity contribution is 7.81. The van der Waals surface area contributed by atoms with Crippen molar-refractivity contribution in [2.75, 3.05) is 13.1 Å². The highest BCUT2D eigenvalue weighted by Gasteiger charge is 2.40. The third-order valence-corrected chi connectivity index (χ3v) is 7.55. The van der Waals surface area contributed by atoms with Crippen LogP contribution in [0.1, 0.15) is 65.2 Å². The lowest BCUT2D eigenvalue weighted by molar-refractivity contribution is -0.144. The summed E-state index contributed by atoms with van der Waals surface area (Å²) in [6, 6.07) is -5.28. The zero-order valence-corrected chi connectivity index (χ0v) is 24.7. The summed E-state index contributed by atoms with van der Waals surface area (Å²) in [5.74, 6) is -5.78. The van der Waals surface area contributed by atoms with E-state index in [2.05, 4.69) is 33.9 Å². The van der Waals surface area contributed by atoms with Gasteiger partial charge >= 0.3 is 11.9 Å². The Balaban J connectivity index is 2.15. The number of likely N-dealkylation sites (tertiary alicyclic amines) is 1. The molecular weight excluding hydrogens is 572 g/mol. The minimum Gasteiger partial charge on any atom is -0.481 e. The zero-order valence-electron chi connectivity index (χ0n) is 23.8. The minimum absolute atomic E-state index is 0.0366. The van der Waals surface area contributed by atoms with Crippen molar-refractivity contribution in [3.05, 3.63) is 0 Å².